The Morgan fingerprint density at radius 3 is 2.80 bits per heavy atom. The van der Waals surface area contributed by atoms with E-state index in [0.717, 1.165) is 18.7 Å². The van der Waals surface area contributed by atoms with Gasteiger partial charge in [-0.1, -0.05) is 6.07 Å². The molecule has 0 aromatic heterocycles. The van der Waals surface area contributed by atoms with Gasteiger partial charge in [0.2, 0.25) is 5.91 Å². The number of carbonyl (C=O) groups is 1. The maximum absolute atomic E-state index is 11.5. The Balaban J connectivity index is 1.75. The van der Waals surface area contributed by atoms with Gasteiger partial charge in [0.15, 0.2) is 5.11 Å². The third kappa shape index (κ3) is 3.93. The normalized spacial score (nSPS) is 14.5. The van der Waals surface area contributed by atoms with Crippen LogP contribution < -0.4 is 10.6 Å². The molecule has 1 saturated heterocycles. The van der Waals surface area contributed by atoms with E-state index in [1.54, 1.807) is 0 Å². The zero-order chi connectivity index (χ0) is 14.5. The van der Waals surface area contributed by atoms with Crippen LogP contribution in [0.4, 0.5) is 5.69 Å². The zero-order valence-electron chi connectivity index (χ0n) is 12.0. The minimum Gasteiger partial charge on any atom is -0.361 e. The van der Waals surface area contributed by atoms with E-state index in [2.05, 4.69) is 36.6 Å². The van der Waals surface area contributed by atoms with Gasteiger partial charge in [-0.2, -0.15) is 0 Å². The Morgan fingerprint density at radius 2 is 2.15 bits per heavy atom. The average molecular weight is 291 g/mol. The van der Waals surface area contributed by atoms with E-state index < -0.39 is 0 Å². The zero-order valence-corrected chi connectivity index (χ0v) is 12.8. The van der Waals surface area contributed by atoms with Crippen molar-refractivity contribution in [1.82, 2.24) is 10.2 Å². The van der Waals surface area contributed by atoms with Crippen LogP contribution in [0.25, 0.3) is 0 Å². The molecule has 1 fully saturated rings. The van der Waals surface area contributed by atoms with Crippen molar-refractivity contribution >= 4 is 28.9 Å². The summed E-state index contributed by atoms with van der Waals surface area (Å²) in [6.45, 7) is 6.44. The van der Waals surface area contributed by atoms with Crippen molar-refractivity contribution in [2.75, 3.05) is 25.0 Å². The molecule has 5 heteroatoms. The largest absolute Gasteiger partial charge is 0.361 e. The Bertz CT molecular complexity index is 516. The fourth-order valence-corrected chi connectivity index (χ4v) is 2.46. The number of anilines is 1. The first-order chi connectivity index (χ1) is 9.56. The second kappa shape index (κ2) is 6.70. The maximum Gasteiger partial charge on any atom is 0.222 e. The molecule has 2 N–H and O–H groups in total. The molecule has 1 aliphatic rings. The van der Waals surface area contributed by atoms with Crippen LogP contribution in [0.2, 0.25) is 0 Å². The molecule has 20 heavy (non-hydrogen) atoms. The van der Waals surface area contributed by atoms with Crippen LogP contribution in [0.3, 0.4) is 0 Å². The maximum atomic E-state index is 11.5. The van der Waals surface area contributed by atoms with E-state index in [1.807, 2.05) is 11.0 Å². The van der Waals surface area contributed by atoms with Gasteiger partial charge in [-0.3, -0.25) is 4.79 Å². The quantitative estimate of drug-likeness (QED) is 0.835. The van der Waals surface area contributed by atoms with Crippen molar-refractivity contribution < 1.29 is 4.79 Å². The molecule has 2 rings (SSSR count). The summed E-state index contributed by atoms with van der Waals surface area (Å²) in [7, 11) is 0. The molecule has 0 spiro atoms. The number of likely N-dealkylation sites (tertiary alicyclic amines) is 1. The van der Waals surface area contributed by atoms with Gasteiger partial charge in [-0.15, -0.1) is 0 Å². The molecule has 0 aliphatic carbocycles. The van der Waals surface area contributed by atoms with Gasteiger partial charge in [-0.25, -0.2) is 0 Å². The minimum atomic E-state index is 0.250. The van der Waals surface area contributed by atoms with Crippen LogP contribution in [0, 0.1) is 13.8 Å². The molecule has 1 aromatic carbocycles. The number of nitrogens with one attached hydrogen (secondary N) is 2. The SMILES string of the molecule is Cc1ccc(NC(=S)NCCN2CCCC2=O)cc1C. The Kier molecular flexibility index (Phi) is 4.95. The third-order valence-corrected chi connectivity index (χ3v) is 3.85. The van der Waals surface area contributed by atoms with Crippen LogP contribution in [0.15, 0.2) is 18.2 Å². The number of benzene rings is 1. The van der Waals surface area contributed by atoms with Crippen LogP contribution in [0.5, 0.6) is 0 Å². The second-order valence-electron chi connectivity index (χ2n) is 5.16. The van der Waals surface area contributed by atoms with Crippen LogP contribution in [0.1, 0.15) is 24.0 Å². The highest BCUT2D eigenvalue weighted by Crippen LogP contribution is 2.14. The number of aryl methyl sites for hydroxylation is 2. The fourth-order valence-electron chi connectivity index (χ4n) is 2.24. The Labute approximate surface area is 125 Å². The first-order valence-corrected chi connectivity index (χ1v) is 7.37. The number of amides is 1. The third-order valence-electron chi connectivity index (χ3n) is 3.60. The number of hydrogen-bond donors (Lipinski definition) is 2. The lowest BCUT2D eigenvalue weighted by molar-refractivity contribution is -0.127. The summed E-state index contributed by atoms with van der Waals surface area (Å²) in [5, 5.41) is 6.90. The van der Waals surface area contributed by atoms with E-state index in [1.165, 1.54) is 11.1 Å². The number of hydrogen-bond acceptors (Lipinski definition) is 2. The summed E-state index contributed by atoms with van der Waals surface area (Å²) in [6.07, 6.45) is 1.66. The summed E-state index contributed by atoms with van der Waals surface area (Å²) < 4.78 is 0. The van der Waals surface area contributed by atoms with Gasteiger partial charge < -0.3 is 15.5 Å². The van der Waals surface area contributed by atoms with Crippen molar-refractivity contribution in [3.63, 3.8) is 0 Å². The van der Waals surface area contributed by atoms with Gasteiger partial charge in [-0.05, 0) is 55.7 Å². The van der Waals surface area contributed by atoms with Crippen LogP contribution >= 0.6 is 12.2 Å². The summed E-state index contributed by atoms with van der Waals surface area (Å²) in [6, 6.07) is 6.16. The van der Waals surface area contributed by atoms with E-state index in [4.69, 9.17) is 12.2 Å². The van der Waals surface area contributed by atoms with Crippen molar-refractivity contribution in [2.45, 2.75) is 26.7 Å². The second-order valence-corrected chi connectivity index (χ2v) is 5.57. The predicted molar refractivity (Wildman–Crippen MR) is 86.0 cm³/mol. The fraction of sp³-hybridized carbons (Fsp3) is 0.467. The number of nitrogens with zero attached hydrogens (tertiary/aromatic N) is 1. The summed E-state index contributed by atoms with van der Waals surface area (Å²) >= 11 is 5.26. The molecule has 0 bridgehead atoms. The van der Waals surface area contributed by atoms with E-state index in [-0.39, 0.29) is 5.91 Å². The molecule has 1 amide bonds. The smallest absolute Gasteiger partial charge is 0.222 e. The molecule has 0 atom stereocenters. The molecule has 1 heterocycles. The first kappa shape index (κ1) is 14.8. The van der Waals surface area contributed by atoms with Gasteiger partial charge in [0.1, 0.15) is 0 Å². The standard InChI is InChI=1S/C15H21N3OS/c1-11-5-6-13(10-12(11)2)17-15(20)16-7-9-18-8-3-4-14(18)19/h5-6,10H,3-4,7-9H2,1-2H3,(H2,16,17,20). The molecular formula is C15H21N3OS. The van der Waals surface area contributed by atoms with Crippen molar-refractivity contribution in [3.05, 3.63) is 29.3 Å². The van der Waals surface area contributed by atoms with Crippen LogP contribution in [-0.2, 0) is 4.79 Å². The average Bonchev–Trinajstić information content (AvgIpc) is 2.80. The van der Waals surface area contributed by atoms with E-state index in [0.29, 0.717) is 24.6 Å². The molecule has 4 nitrogen and oxygen atoms in total. The summed E-state index contributed by atoms with van der Waals surface area (Å²) in [5.41, 5.74) is 3.49. The van der Waals surface area contributed by atoms with Crippen molar-refractivity contribution in [3.8, 4) is 0 Å². The lowest BCUT2D eigenvalue weighted by atomic mass is 10.1. The van der Waals surface area contributed by atoms with Gasteiger partial charge in [0, 0.05) is 31.7 Å². The highest BCUT2D eigenvalue weighted by Gasteiger charge is 2.19. The predicted octanol–water partition coefficient (Wildman–Crippen LogP) is 2.21. The van der Waals surface area contributed by atoms with Crippen molar-refractivity contribution in [2.24, 2.45) is 0 Å². The highest BCUT2D eigenvalue weighted by atomic mass is 32.1. The Hall–Kier alpha value is -1.62. The number of rotatable bonds is 4. The highest BCUT2D eigenvalue weighted by molar-refractivity contribution is 7.80. The van der Waals surface area contributed by atoms with Gasteiger partial charge in [0.05, 0.1) is 0 Å². The number of thiocarbonyl (C=S) groups is 1. The lowest BCUT2D eigenvalue weighted by Crippen LogP contribution is -2.37. The summed E-state index contributed by atoms with van der Waals surface area (Å²) in [4.78, 5) is 13.3. The molecule has 1 aliphatic heterocycles. The van der Waals surface area contributed by atoms with E-state index in [9.17, 15) is 4.79 Å². The topological polar surface area (TPSA) is 44.4 Å². The van der Waals surface area contributed by atoms with Gasteiger partial charge in [0.25, 0.3) is 0 Å². The molecule has 0 radical (unpaired) electrons. The molecule has 0 unspecified atom stereocenters. The molecule has 108 valence electrons. The number of carbonyl (C=O) groups excluding carboxylic acids is 1. The van der Waals surface area contributed by atoms with Crippen molar-refractivity contribution in [1.29, 1.82) is 0 Å². The van der Waals surface area contributed by atoms with Crippen LogP contribution in [-0.4, -0.2) is 35.6 Å². The molecule has 0 saturated carbocycles. The van der Waals surface area contributed by atoms with Gasteiger partial charge >= 0.3 is 0 Å². The van der Waals surface area contributed by atoms with E-state index >= 15 is 0 Å². The minimum absolute atomic E-state index is 0.250. The Morgan fingerprint density at radius 1 is 1.35 bits per heavy atom. The lowest BCUT2D eigenvalue weighted by Gasteiger charge is -2.17. The molecule has 1 aromatic rings. The first-order valence-electron chi connectivity index (χ1n) is 6.96. The summed E-state index contributed by atoms with van der Waals surface area (Å²) in [5.74, 6) is 0.250. The molecular weight excluding hydrogens is 270 g/mol. The monoisotopic (exact) mass is 291 g/mol.